The standard InChI is InChI=1S/C17H23N3O3S/c21-16(18-6-7-19-8-10-23-11-9-19)15-12-24-13-20(15)17(22)14-4-2-1-3-5-14/h1-5,15H,6-13H2,(H,18,21)/t15-/m1/s1. The summed E-state index contributed by atoms with van der Waals surface area (Å²) in [4.78, 5) is 29.0. The Kier molecular flexibility index (Phi) is 6.12. The molecule has 2 heterocycles. The summed E-state index contributed by atoms with van der Waals surface area (Å²) in [6.07, 6.45) is 0. The van der Waals surface area contributed by atoms with Gasteiger partial charge in [-0.25, -0.2) is 0 Å². The number of ether oxygens (including phenoxy) is 1. The summed E-state index contributed by atoms with van der Waals surface area (Å²) in [5.74, 6) is 1.09. The quantitative estimate of drug-likeness (QED) is 0.846. The molecule has 2 amide bonds. The first-order valence-electron chi connectivity index (χ1n) is 8.27. The van der Waals surface area contributed by atoms with Crippen molar-refractivity contribution in [3.63, 3.8) is 0 Å². The number of hydrogen-bond donors (Lipinski definition) is 1. The van der Waals surface area contributed by atoms with E-state index < -0.39 is 0 Å². The SMILES string of the molecule is O=C(NCCN1CCOCC1)[C@H]1CSCN1C(=O)c1ccccc1. The van der Waals surface area contributed by atoms with Crippen molar-refractivity contribution in [2.45, 2.75) is 6.04 Å². The minimum atomic E-state index is -0.382. The van der Waals surface area contributed by atoms with Gasteiger partial charge < -0.3 is 15.0 Å². The van der Waals surface area contributed by atoms with Gasteiger partial charge >= 0.3 is 0 Å². The van der Waals surface area contributed by atoms with Crippen LogP contribution in [0.15, 0.2) is 30.3 Å². The van der Waals surface area contributed by atoms with E-state index >= 15 is 0 Å². The molecule has 2 aliphatic heterocycles. The smallest absolute Gasteiger partial charge is 0.255 e. The van der Waals surface area contributed by atoms with Gasteiger partial charge in [0.1, 0.15) is 6.04 Å². The van der Waals surface area contributed by atoms with Gasteiger partial charge in [0.15, 0.2) is 0 Å². The second kappa shape index (κ2) is 8.50. The van der Waals surface area contributed by atoms with Gasteiger partial charge in [-0.05, 0) is 12.1 Å². The van der Waals surface area contributed by atoms with Crippen molar-refractivity contribution in [3.05, 3.63) is 35.9 Å². The normalized spacial score (nSPS) is 21.7. The molecule has 2 aliphatic rings. The first-order valence-corrected chi connectivity index (χ1v) is 9.43. The van der Waals surface area contributed by atoms with Crippen molar-refractivity contribution in [1.29, 1.82) is 0 Å². The predicted molar refractivity (Wildman–Crippen MR) is 94.0 cm³/mol. The Morgan fingerprint density at radius 2 is 1.96 bits per heavy atom. The molecule has 1 N–H and O–H groups in total. The lowest BCUT2D eigenvalue weighted by Crippen LogP contribution is -2.49. The fourth-order valence-corrected chi connectivity index (χ4v) is 4.04. The Bertz CT molecular complexity index is 563. The first-order chi connectivity index (χ1) is 11.8. The predicted octanol–water partition coefficient (Wildman–Crippen LogP) is 0.650. The minimum absolute atomic E-state index is 0.0578. The lowest BCUT2D eigenvalue weighted by Gasteiger charge is -2.27. The van der Waals surface area contributed by atoms with Crippen LogP contribution in [-0.2, 0) is 9.53 Å². The number of nitrogens with zero attached hydrogens (tertiary/aromatic N) is 2. The monoisotopic (exact) mass is 349 g/mol. The van der Waals surface area contributed by atoms with Crippen molar-refractivity contribution in [2.24, 2.45) is 0 Å². The van der Waals surface area contributed by atoms with E-state index in [-0.39, 0.29) is 17.9 Å². The molecule has 0 bridgehead atoms. The maximum absolute atomic E-state index is 12.6. The number of hydrogen-bond acceptors (Lipinski definition) is 5. The van der Waals surface area contributed by atoms with Crippen molar-refractivity contribution < 1.29 is 14.3 Å². The van der Waals surface area contributed by atoms with Crippen LogP contribution in [0.2, 0.25) is 0 Å². The minimum Gasteiger partial charge on any atom is -0.379 e. The van der Waals surface area contributed by atoms with E-state index in [0.29, 0.717) is 23.7 Å². The van der Waals surface area contributed by atoms with Gasteiger partial charge in [-0.15, -0.1) is 11.8 Å². The third-order valence-corrected chi connectivity index (χ3v) is 5.31. The highest BCUT2D eigenvalue weighted by Gasteiger charge is 2.34. The number of carbonyl (C=O) groups is 2. The van der Waals surface area contributed by atoms with E-state index in [2.05, 4.69) is 10.2 Å². The van der Waals surface area contributed by atoms with Crippen molar-refractivity contribution in [1.82, 2.24) is 15.1 Å². The summed E-state index contributed by atoms with van der Waals surface area (Å²) in [6, 6.07) is 8.76. The van der Waals surface area contributed by atoms with Gasteiger partial charge in [-0.2, -0.15) is 0 Å². The molecule has 0 aliphatic carbocycles. The Morgan fingerprint density at radius 3 is 2.71 bits per heavy atom. The molecule has 1 atom stereocenters. The van der Waals surface area contributed by atoms with Crippen LogP contribution in [0.4, 0.5) is 0 Å². The molecule has 6 nitrogen and oxygen atoms in total. The molecule has 7 heteroatoms. The Morgan fingerprint density at radius 1 is 1.21 bits per heavy atom. The highest BCUT2D eigenvalue weighted by Crippen LogP contribution is 2.23. The Labute approximate surface area is 146 Å². The molecular weight excluding hydrogens is 326 g/mol. The summed E-state index contributed by atoms with van der Waals surface area (Å²) < 4.78 is 5.31. The van der Waals surface area contributed by atoms with E-state index in [1.807, 2.05) is 18.2 Å². The maximum atomic E-state index is 12.6. The molecule has 0 radical (unpaired) electrons. The largest absolute Gasteiger partial charge is 0.379 e. The van der Waals surface area contributed by atoms with Crippen molar-refractivity contribution >= 4 is 23.6 Å². The van der Waals surface area contributed by atoms with Crippen LogP contribution in [-0.4, -0.2) is 78.7 Å². The Hall–Kier alpha value is -1.57. The summed E-state index contributed by atoms with van der Waals surface area (Å²) in [5.41, 5.74) is 0.631. The molecule has 0 saturated carbocycles. The molecule has 3 rings (SSSR count). The number of nitrogens with one attached hydrogen (secondary N) is 1. The number of amides is 2. The van der Waals surface area contributed by atoms with Gasteiger partial charge in [0.2, 0.25) is 5.91 Å². The van der Waals surface area contributed by atoms with Crippen molar-refractivity contribution in [2.75, 3.05) is 51.0 Å². The number of carbonyl (C=O) groups excluding carboxylic acids is 2. The number of thioether (sulfide) groups is 1. The number of morpholine rings is 1. The van der Waals surface area contributed by atoms with E-state index in [0.717, 1.165) is 32.8 Å². The van der Waals surface area contributed by atoms with Crippen LogP contribution in [0, 0.1) is 0 Å². The van der Waals surface area contributed by atoms with E-state index in [1.165, 1.54) is 0 Å². The summed E-state index contributed by atoms with van der Waals surface area (Å²) in [7, 11) is 0. The molecule has 1 aromatic rings. The van der Waals surface area contributed by atoms with E-state index in [9.17, 15) is 9.59 Å². The van der Waals surface area contributed by atoms with Crippen LogP contribution in [0.25, 0.3) is 0 Å². The van der Waals surface area contributed by atoms with Crippen molar-refractivity contribution in [3.8, 4) is 0 Å². The zero-order valence-corrected chi connectivity index (χ0v) is 14.5. The van der Waals surface area contributed by atoms with Crippen LogP contribution in [0.1, 0.15) is 10.4 Å². The summed E-state index contributed by atoms with van der Waals surface area (Å²) >= 11 is 1.62. The summed E-state index contributed by atoms with van der Waals surface area (Å²) in [5, 5.41) is 2.98. The lowest BCUT2D eigenvalue weighted by atomic mass is 10.1. The molecule has 2 saturated heterocycles. The second-order valence-electron chi connectivity index (χ2n) is 5.90. The highest BCUT2D eigenvalue weighted by atomic mass is 32.2. The molecule has 24 heavy (non-hydrogen) atoms. The lowest BCUT2D eigenvalue weighted by molar-refractivity contribution is -0.124. The Balaban J connectivity index is 1.51. The fourth-order valence-electron chi connectivity index (χ4n) is 2.89. The fraction of sp³-hybridized carbons (Fsp3) is 0.529. The van der Waals surface area contributed by atoms with Crippen LogP contribution in [0.5, 0.6) is 0 Å². The molecule has 2 fully saturated rings. The average Bonchev–Trinajstić information content (AvgIpc) is 3.12. The molecule has 0 spiro atoms. The number of rotatable bonds is 5. The topological polar surface area (TPSA) is 61.9 Å². The maximum Gasteiger partial charge on any atom is 0.255 e. The van der Waals surface area contributed by atoms with Crippen LogP contribution in [0.3, 0.4) is 0 Å². The summed E-state index contributed by atoms with van der Waals surface area (Å²) in [6.45, 7) is 4.76. The first kappa shape index (κ1) is 17.3. The van der Waals surface area contributed by atoms with Gasteiger partial charge in [-0.3, -0.25) is 14.5 Å². The second-order valence-corrected chi connectivity index (χ2v) is 6.90. The zero-order valence-electron chi connectivity index (χ0n) is 13.6. The molecule has 130 valence electrons. The third kappa shape index (κ3) is 4.28. The zero-order chi connectivity index (χ0) is 16.8. The van der Waals surface area contributed by atoms with E-state index in [1.54, 1.807) is 28.8 Å². The number of benzene rings is 1. The van der Waals surface area contributed by atoms with Crippen LogP contribution < -0.4 is 5.32 Å². The molecule has 0 unspecified atom stereocenters. The van der Waals surface area contributed by atoms with Gasteiger partial charge in [0.25, 0.3) is 5.91 Å². The third-order valence-electron chi connectivity index (χ3n) is 4.30. The average molecular weight is 349 g/mol. The molecule has 1 aromatic carbocycles. The molecule has 0 aromatic heterocycles. The van der Waals surface area contributed by atoms with Gasteiger partial charge in [-0.1, -0.05) is 18.2 Å². The van der Waals surface area contributed by atoms with Gasteiger partial charge in [0, 0.05) is 37.5 Å². The molecular formula is C17H23N3O3S. The van der Waals surface area contributed by atoms with Crippen LogP contribution >= 0.6 is 11.8 Å². The highest BCUT2D eigenvalue weighted by molar-refractivity contribution is 7.99. The van der Waals surface area contributed by atoms with Gasteiger partial charge in [0.05, 0.1) is 19.1 Å². The van der Waals surface area contributed by atoms with E-state index in [4.69, 9.17) is 4.74 Å².